The summed E-state index contributed by atoms with van der Waals surface area (Å²) in [4.78, 5) is 0.0227. The number of ether oxygens (including phenoxy) is 2. The molecule has 10 heteroatoms. The average molecular weight is 441 g/mol. The number of benzene rings is 2. The maximum Gasteiger partial charge on any atom is 0.261 e. The van der Waals surface area contributed by atoms with Crippen LogP contribution in [-0.4, -0.2) is 53.5 Å². The van der Waals surface area contributed by atoms with Gasteiger partial charge in [0.1, 0.15) is 5.75 Å². The maximum atomic E-state index is 12.6. The van der Waals surface area contributed by atoms with Gasteiger partial charge >= 0.3 is 0 Å². The van der Waals surface area contributed by atoms with E-state index in [0.717, 1.165) is 0 Å². The number of hydrogen-bond donors (Lipinski definition) is 1. The Bertz CT molecular complexity index is 1030. The van der Waals surface area contributed by atoms with Crippen molar-refractivity contribution in [3.05, 3.63) is 48.5 Å². The first-order valence-electron chi connectivity index (χ1n) is 9.16. The average Bonchev–Trinajstić information content (AvgIpc) is 2.70. The van der Waals surface area contributed by atoms with Gasteiger partial charge in [0.05, 0.1) is 29.1 Å². The Kier molecular flexibility index (Phi) is 6.47. The van der Waals surface area contributed by atoms with Crippen LogP contribution >= 0.6 is 0 Å². The minimum absolute atomic E-state index is 0.0183. The molecule has 1 saturated heterocycles. The van der Waals surface area contributed by atoms with Crippen LogP contribution in [0.4, 0.5) is 5.69 Å². The topological polar surface area (TPSA) is 102 Å². The molecule has 0 radical (unpaired) electrons. The Balaban J connectivity index is 1.74. The maximum absolute atomic E-state index is 12.6. The molecule has 0 aromatic heterocycles. The lowest BCUT2D eigenvalue weighted by molar-refractivity contribution is 0.0730. The summed E-state index contributed by atoms with van der Waals surface area (Å²) < 4.78 is 65.0. The quantitative estimate of drug-likeness (QED) is 0.709. The molecule has 2 aromatic carbocycles. The SMILES string of the molecule is CC(C)Oc1ccc(NS(=O)(=O)c2ccc(S(=O)(=O)N3CCOCC3)cc2)cc1. The van der Waals surface area contributed by atoms with Gasteiger partial charge in [-0.15, -0.1) is 0 Å². The number of anilines is 1. The molecule has 0 amide bonds. The number of sulfonamides is 2. The molecule has 158 valence electrons. The van der Waals surface area contributed by atoms with E-state index in [1.807, 2.05) is 13.8 Å². The monoisotopic (exact) mass is 440 g/mol. The minimum atomic E-state index is -3.86. The highest BCUT2D eigenvalue weighted by Gasteiger charge is 2.26. The molecule has 1 fully saturated rings. The van der Waals surface area contributed by atoms with Gasteiger partial charge in [0.15, 0.2) is 0 Å². The van der Waals surface area contributed by atoms with Crippen molar-refractivity contribution in [1.29, 1.82) is 0 Å². The summed E-state index contributed by atoms with van der Waals surface area (Å²) >= 11 is 0. The molecule has 0 bridgehead atoms. The Hall–Kier alpha value is -2.14. The second-order valence-electron chi connectivity index (χ2n) is 6.78. The first kappa shape index (κ1) is 21.6. The second kappa shape index (κ2) is 8.70. The summed E-state index contributed by atoms with van der Waals surface area (Å²) in [6.07, 6.45) is 0.0183. The van der Waals surface area contributed by atoms with Gasteiger partial charge in [0.2, 0.25) is 10.0 Å². The third kappa shape index (κ3) is 5.27. The highest BCUT2D eigenvalue weighted by atomic mass is 32.2. The molecule has 1 N–H and O–H groups in total. The van der Waals surface area contributed by atoms with E-state index >= 15 is 0 Å². The summed E-state index contributed by atoms with van der Waals surface area (Å²) in [5, 5.41) is 0. The molecule has 8 nitrogen and oxygen atoms in total. The molecule has 0 aliphatic carbocycles. The van der Waals surface area contributed by atoms with Gasteiger partial charge in [0.25, 0.3) is 10.0 Å². The van der Waals surface area contributed by atoms with Crippen molar-refractivity contribution in [2.75, 3.05) is 31.0 Å². The van der Waals surface area contributed by atoms with Crippen LogP contribution in [0.5, 0.6) is 5.75 Å². The van der Waals surface area contributed by atoms with Crippen molar-refractivity contribution < 1.29 is 26.3 Å². The number of hydrogen-bond acceptors (Lipinski definition) is 6. The van der Waals surface area contributed by atoms with E-state index in [2.05, 4.69) is 4.72 Å². The Labute approximate surface area is 171 Å². The molecule has 1 aliphatic heterocycles. The predicted molar refractivity (Wildman–Crippen MR) is 109 cm³/mol. The van der Waals surface area contributed by atoms with Gasteiger partial charge in [-0.2, -0.15) is 4.31 Å². The number of rotatable bonds is 7. The third-order valence-electron chi connectivity index (χ3n) is 4.22. The van der Waals surface area contributed by atoms with Crippen LogP contribution in [0.15, 0.2) is 58.3 Å². The molecule has 0 unspecified atom stereocenters. The second-order valence-corrected chi connectivity index (χ2v) is 10.4. The van der Waals surface area contributed by atoms with Crippen molar-refractivity contribution in [3.8, 4) is 5.75 Å². The van der Waals surface area contributed by atoms with Crippen molar-refractivity contribution >= 4 is 25.7 Å². The van der Waals surface area contributed by atoms with Crippen molar-refractivity contribution in [2.45, 2.75) is 29.7 Å². The summed E-state index contributed by atoms with van der Waals surface area (Å²) in [7, 11) is -7.53. The summed E-state index contributed by atoms with van der Waals surface area (Å²) in [5.74, 6) is 0.639. The van der Waals surface area contributed by atoms with Crippen molar-refractivity contribution in [2.24, 2.45) is 0 Å². The number of nitrogens with zero attached hydrogens (tertiary/aromatic N) is 1. The smallest absolute Gasteiger partial charge is 0.261 e. The van der Waals surface area contributed by atoms with Gasteiger partial charge in [-0.25, -0.2) is 16.8 Å². The molecule has 1 aliphatic rings. The van der Waals surface area contributed by atoms with E-state index in [4.69, 9.17) is 9.47 Å². The molecule has 29 heavy (non-hydrogen) atoms. The van der Waals surface area contributed by atoms with Crippen LogP contribution in [-0.2, 0) is 24.8 Å². The summed E-state index contributed by atoms with van der Waals surface area (Å²) in [6.45, 7) is 5.05. The van der Waals surface area contributed by atoms with Gasteiger partial charge in [-0.05, 0) is 62.4 Å². The number of morpholine rings is 1. The lowest BCUT2D eigenvalue weighted by Crippen LogP contribution is -2.40. The van der Waals surface area contributed by atoms with E-state index in [1.165, 1.54) is 28.6 Å². The van der Waals surface area contributed by atoms with Gasteiger partial charge < -0.3 is 9.47 Å². The molecule has 0 saturated carbocycles. The number of nitrogens with one attached hydrogen (secondary N) is 1. The Morgan fingerprint density at radius 3 is 2.00 bits per heavy atom. The van der Waals surface area contributed by atoms with Crippen LogP contribution in [0, 0.1) is 0 Å². The zero-order chi connectivity index (χ0) is 21.1. The van der Waals surface area contributed by atoms with Crippen LogP contribution in [0.3, 0.4) is 0 Å². The van der Waals surface area contributed by atoms with E-state index < -0.39 is 20.0 Å². The molecule has 0 atom stereocenters. The molecular weight excluding hydrogens is 416 g/mol. The Morgan fingerprint density at radius 1 is 0.897 bits per heavy atom. The summed E-state index contributed by atoms with van der Waals surface area (Å²) in [5.41, 5.74) is 0.381. The normalized spacial score (nSPS) is 16.0. The van der Waals surface area contributed by atoms with Gasteiger partial charge in [-0.1, -0.05) is 0 Å². The lowest BCUT2D eigenvalue weighted by Gasteiger charge is -2.26. The van der Waals surface area contributed by atoms with Crippen molar-refractivity contribution in [1.82, 2.24) is 4.31 Å². The fourth-order valence-corrected chi connectivity index (χ4v) is 5.28. The van der Waals surface area contributed by atoms with Crippen LogP contribution in [0.2, 0.25) is 0 Å². The van der Waals surface area contributed by atoms with Gasteiger partial charge in [0, 0.05) is 18.8 Å². The van der Waals surface area contributed by atoms with E-state index in [-0.39, 0.29) is 29.0 Å². The third-order valence-corrected chi connectivity index (χ3v) is 7.53. The van der Waals surface area contributed by atoms with Crippen LogP contribution in [0.1, 0.15) is 13.8 Å². The van der Waals surface area contributed by atoms with E-state index in [9.17, 15) is 16.8 Å². The fraction of sp³-hybridized carbons (Fsp3) is 0.368. The standard InChI is InChI=1S/C19H24N2O6S2/c1-15(2)27-17-5-3-16(4-6-17)20-28(22,23)18-7-9-19(10-8-18)29(24,25)21-11-13-26-14-12-21/h3-10,15,20H,11-14H2,1-2H3. The highest BCUT2D eigenvalue weighted by molar-refractivity contribution is 7.92. The molecular formula is C19H24N2O6S2. The van der Waals surface area contributed by atoms with E-state index in [1.54, 1.807) is 24.3 Å². The molecule has 0 spiro atoms. The predicted octanol–water partition coefficient (Wildman–Crippen LogP) is 2.30. The zero-order valence-electron chi connectivity index (χ0n) is 16.2. The minimum Gasteiger partial charge on any atom is -0.491 e. The molecule has 2 aromatic rings. The van der Waals surface area contributed by atoms with Crippen LogP contribution in [0.25, 0.3) is 0 Å². The largest absolute Gasteiger partial charge is 0.491 e. The highest BCUT2D eigenvalue weighted by Crippen LogP contribution is 2.23. The molecule has 1 heterocycles. The fourth-order valence-electron chi connectivity index (χ4n) is 2.81. The Morgan fingerprint density at radius 2 is 1.45 bits per heavy atom. The first-order chi connectivity index (χ1) is 13.7. The molecule has 3 rings (SSSR count). The van der Waals surface area contributed by atoms with Crippen molar-refractivity contribution in [3.63, 3.8) is 0 Å². The van der Waals surface area contributed by atoms with Crippen LogP contribution < -0.4 is 9.46 Å². The first-order valence-corrected chi connectivity index (χ1v) is 12.1. The van der Waals surface area contributed by atoms with E-state index in [0.29, 0.717) is 24.7 Å². The zero-order valence-corrected chi connectivity index (χ0v) is 17.9. The summed E-state index contributed by atoms with van der Waals surface area (Å²) in [6, 6.07) is 11.7. The van der Waals surface area contributed by atoms with Gasteiger partial charge in [-0.3, -0.25) is 4.72 Å². The lowest BCUT2D eigenvalue weighted by atomic mass is 10.3.